The van der Waals surface area contributed by atoms with Gasteiger partial charge in [0, 0.05) is 27.2 Å². The lowest BCUT2D eigenvalue weighted by Gasteiger charge is -2.39. The largest absolute Gasteiger partial charge is 0.451 e. The molecule has 0 aromatic carbocycles. The average molecular weight is 267 g/mol. The van der Waals surface area contributed by atoms with Crippen molar-refractivity contribution >= 4 is 5.91 Å². The zero-order valence-corrected chi connectivity index (χ0v) is 11.5. The van der Waals surface area contributed by atoms with Gasteiger partial charge in [-0.15, -0.1) is 0 Å². The van der Waals surface area contributed by atoms with E-state index in [0.717, 1.165) is 18.7 Å². The number of likely N-dealkylation sites (tertiary alicyclic amines) is 1. The maximum atomic E-state index is 11.8. The van der Waals surface area contributed by atoms with Crippen molar-refractivity contribution in [1.29, 1.82) is 0 Å². The molecule has 0 aliphatic carbocycles. The van der Waals surface area contributed by atoms with Crippen LogP contribution in [-0.4, -0.2) is 58.6 Å². The predicted octanol–water partition coefficient (Wildman–Crippen LogP) is 0.480. The van der Waals surface area contributed by atoms with Gasteiger partial charge < -0.3 is 14.4 Å². The molecule has 0 bridgehead atoms. The van der Waals surface area contributed by atoms with Crippen LogP contribution in [0.3, 0.4) is 0 Å². The maximum absolute atomic E-state index is 11.8. The second kappa shape index (κ2) is 5.71. The number of hydrogen-bond donors (Lipinski definition) is 1. The van der Waals surface area contributed by atoms with Crippen LogP contribution in [0.2, 0.25) is 0 Å². The molecule has 1 aliphatic heterocycles. The van der Waals surface area contributed by atoms with E-state index >= 15 is 0 Å². The molecule has 6 nitrogen and oxygen atoms in total. The average Bonchev–Trinajstić information content (AvgIpc) is 2.81. The monoisotopic (exact) mass is 267 g/mol. The predicted molar refractivity (Wildman–Crippen MR) is 69.3 cm³/mol. The van der Waals surface area contributed by atoms with Crippen LogP contribution >= 0.6 is 0 Å². The van der Waals surface area contributed by atoms with Gasteiger partial charge in [-0.3, -0.25) is 9.69 Å². The Kier molecular flexibility index (Phi) is 4.21. The van der Waals surface area contributed by atoms with Crippen LogP contribution < -0.4 is 0 Å². The van der Waals surface area contributed by atoms with Crippen LogP contribution in [0.25, 0.3) is 0 Å². The quantitative estimate of drug-likeness (QED) is 0.859. The van der Waals surface area contributed by atoms with Gasteiger partial charge in [0.05, 0.1) is 17.7 Å². The molecule has 0 saturated carbocycles. The first-order valence-corrected chi connectivity index (χ1v) is 6.50. The summed E-state index contributed by atoms with van der Waals surface area (Å²) in [5.41, 5.74) is -0.0771. The highest BCUT2D eigenvalue weighted by atomic mass is 16.3. The first kappa shape index (κ1) is 14.0. The molecule has 1 N–H and O–H groups in total. The molecule has 0 radical (unpaired) electrons. The van der Waals surface area contributed by atoms with Gasteiger partial charge in [-0.05, 0) is 19.4 Å². The number of aromatic nitrogens is 1. The van der Waals surface area contributed by atoms with Crippen LogP contribution in [0.5, 0.6) is 0 Å². The van der Waals surface area contributed by atoms with E-state index < -0.39 is 5.60 Å². The molecule has 2 rings (SSSR count). The number of carbonyl (C=O) groups is 1. The first-order chi connectivity index (χ1) is 8.98. The number of β-amino-alcohol motifs (C(OH)–C–C–N with tert-alkyl or cyclic N) is 1. The molecule has 1 atom stereocenters. The van der Waals surface area contributed by atoms with Crippen molar-refractivity contribution in [3.8, 4) is 0 Å². The van der Waals surface area contributed by atoms with E-state index in [1.54, 1.807) is 20.4 Å². The Morgan fingerprint density at radius 1 is 1.63 bits per heavy atom. The third-order valence-electron chi connectivity index (χ3n) is 3.48. The van der Waals surface area contributed by atoms with Crippen molar-refractivity contribution in [2.24, 2.45) is 0 Å². The van der Waals surface area contributed by atoms with Crippen LogP contribution in [0, 0.1) is 0 Å². The van der Waals surface area contributed by atoms with Gasteiger partial charge in [0.2, 0.25) is 5.91 Å². The third-order valence-corrected chi connectivity index (χ3v) is 3.48. The summed E-state index contributed by atoms with van der Waals surface area (Å²) in [4.78, 5) is 19.5. The Hall–Kier alpha value is -1.40. The summed E-state index contributed by atoms with van der Waals surface area (Å²) < 4.78 is 4.94. The minimum atomic E-state index is -0.927. The number of nitrogens with zero attached hydrogens (tertiary/aromatic N) is 3. The fourth-order valence-corrected chi connectivity index (χ4v) is 2.47. The van der Waals surface area contributed by atoms with E-state index in [9.17, 15) is 9.90 Å². The molecule has 19 heavy (non-hydrogen) atoms. The third kappa shape index (κ3) is 3.78. The van der Waals surface area contributed by atoms with Gasteiger partial charge in [0.1, 0.15) is 6.26 Å². The highest BCUT2D eigenvalue weighted by Crippen LogP contribution is 2.26. The van der Waals surface area contributed by atoms with Gasteiger partial charge in [0.25, 0.3) is 0 Å². The van der Waals surface area contributed by atoms with Crippen molar-refractivity contribution in [2.45, 2.75) is 31.4 Å². The molecule has 106 valence electrons. The van der Waals surface area contributed by atoms with E-state index in [2.05, 4.69) is 9.88 Å². The molecule has 0 spiro atoms. The number of hydrogen-bond acceptors (Lipinski definition) is 5. The Balaban J connectivity index is 1.93. The molecular weight excluding hydrogens is 246 g/mol. The smallest absolute Gasteiger partial charge is 0.224 e. The molecule has 1 amide bonds. The zero-order valence-electron chi connectivity index (χ0n) is 11.5. The van der Waals surface area contributed by atoms with Crippen molar-refractivity contribution in [3.63, 3.8) is 0 Å². The summed E-state index contributed by atoms with van der Waals surface area (Å²) in [5, 5.41) is 10.6. The van der Waals surface area contributed by atoms with Gasteiger partial charge in [-0.25, -0.2) is 4.98 Å². The summed E-state index contributed by atoms with van der Waals surface area (Å²) in [7, 11) is 3.42. The summed E-state index contributed by atoms with van der Waals surface area (Å²) in [6.07, 6.45) is 4.74. The second-order valence-corrected chi connectivity index (χ2v) is 5.48. The summed E-state index contributed by atoms with van der Waals surface area (Å²) in [6.45, 7) is 2.06. The van der Waals surface area contributed by atoms with Crippen LogP contribution in [0.4, 0.5) is 0 Å². The Morgan fingerprint density at radius 2 is 2.42 bits per heavy atom. The lowest BCUT2D eigenvalue weighted by molar-refractivity contribution is -0.136. The van der Waals surface area contributed by atoms with Crippen molar-refractivity contribution in [1.82, 2.24) is 14.8 Å². The molecule has 2 heterocycles. The molecule has 1 aliphatic rings. The van der Waals surface area contributed by atoms with Crippen molar-refractivity contribution in [3.05, 3.63) is 18.4 Å². The maximum Gasteiger partial charge on any atom is 0.224 e. The number of piperidine rings is 1. The number of amides is 1. The fraction of sp³-hybridized carbons (Fsp3) is 0.692. The minimum Gasteiger partial charge on any atom is -0.451 e. The highest BCUT2D eigenvalue weighted by molar-refractivity contribution is 5.76. The van der Waals surface area contributed by atoms with Gasteiger partial charge in [-0.2, -0.15) is 0 Å². The van der Waals surface area contributed by atoms with Gasteiger partial charge in [0.15, 0.2) is 6.39 Å². The number of rotatable bonds is 4. The Labute approximate surface area is 113 Å². The molecule has 1 unspecified atom stereocenters. The second-order valence-electron chi connectivity index (χ2n) is 5.48. The Morgan fingerprint density at radius 3 is 3.05 bits per heavy atom. The SMILES string of the molecule is CN(C)C(=O)CC1(O)CCCN(Cc2cocn2)C1. The first-order valence-electron chi connectivity index (χ1n) is 6.50. The standard InChI is InChI=1S/C13H21N3O3/c1-15(2)12(17)6-13(18)4-3-5-16(9-13)7-11-8-19-10-14-11/h8,10,18H,3-7,9H2,1-2H3. The molecule has 1 saturated heterocycles. The fourth-order valence-electron chi connectivity index (χ4n) is 2.47. The topological polar surface area (TPSA) is 69.8 Å². The van der Waals surface area contributed by atoms with Gasteiger partial charge >= 0.3 is 0 Å². The lowest BCUT2D eigenvalue weighted by Crippen LogP contribution is -2.50. The highest BCUT2D eigenvalue weighted by Gasteiger charge is 2.35. The number of oxazole rings is 1. The van der Waals surface area contributed by atoms with Crippen LogP contribution in [0.1, 0.15) is 25.0 Å². The van der Waals surface area contributed by atoms with E-state index in [0.29, 0.717) is 19.5 Å². The van der Waals surface area contributed by atoms with Crippen molar-refractivity contribution < 1.29 is 14.3 Å². The summed E-state index contributed by atoms with van der Waals surface area (Å²) in [6, 6.07) is 0. The lowest BCUT2D eigenvalue weighted by atomic mass is 9.89. The van der Waals surface area contributed by atoms with E-state index in [4.69, 9.17) is 4.42 Å². The Bertz CT molecular complexity index is 419. The zero-order chi connectivity index (χ0) is 13.9. The van der Waals surface area contributed by atoms with Crippen LogP contribution in [-0.2, 0) is 11.3 Å². The van der Waals surface area contributed by atoms with Crippen molar-refractivity contribution in [2.75, 3.05) is 27.2 Å². The number of carbonyl (C=O) groups excluding carboxylic acids is 1. The van der Waals surface area contributed by atoms with E-state index in [1.807, 2.05) is 0 Å². The molecule has 1 aromatic heterocycles. The number of aliphatic hydroxyl groups is 1. The van der Waals surface area contributed by atoms with E-state index in [1.165, 1.54) is 11.3 Å². The van der Waals surface area contributed by atoms with Crippen LogP contribution in [0.15, 0.2) is 17.1 Å². The molecule has 6 heteroatoms. The molecular formula is C13H21N3O3. The van der Waals surface area contributed by atoms with E-state index in [-0.39, 0.29) is 12.3 Å². The van der Waals surface area contributed by atoms with Gasteiger partial charge in [-0.1, -0.05) is 0 Å². The normalized spacial score (nSPS) is 24.4. The summed E-state index contributed by atoms with van der Waals surface area (Å²) >= 11 is 0. The minimum absolute atomic E-state index is 0.0363. The summed E-state index contributed by atoms with van der Waals surface area (Å²) in [5.74, 6) is -0.0363. The molecule has 1 fully saturated rings. The molecule has 1 aromatic rings.